The zero-order valence-electron chi connectivity index (χ0n) is 63.4. The number of ether oxygens (including phenoxy) is 6. The summed E-state index contributed by atoms with van der Waals surface area (Å²) in [6, 6.07) is -0.976. The summed E-state index contributed by atoms with van der Waals surface area (Å²) in [6.45, 7) is 1.77. The van der Waals surface area contributed by atoms with Gasteiger partial charge in [-0.1, -0.05) is 319 Å². The van der Waals surface area contributed by atoms with Gasteiger partial charge in [0, 0.05) is 6.42 Å². The minimum Gasteiger partial charge on any atom is -0.394 e. The molecule has 0 saturated carbocycles. The van der Waals surface area contributed by atoms with Gasteiger partial charge >= 0.3 is 0 Å². The zero-order chi connectivity index (χ0) is 73.2. The van der Waals surface area contributed by atoms with Crippen LogP contribution in [0.15, 0.2) is 48.6 Å². The smallest absolute Gasteiger partial charge is 0.220 e. The number of aliphatic hydroxyl groups is 11. The number of amides is 1. The third-order valence-electron chi connectivity index (χ3n) is 20.6. The molecule has 19 nitrogen and oxygen atoms in total. The summed E-state index contributed by atoms with van der Waals surface area (Å²) in [7, 11) is 0. The normalized spacial score (nSPS) is 26.5. The van der Waals surface area contributed by atoms with Gasteiger partial charge in [0.1, 0.15) is 73.2 Å². The van der Waals surface area contributed by atoms with E-state index in [4.69, 9.17) is 28.4 Å². The summed E-state index contributed by atoms with van der Waals surface area (Å²) < 4.78 is 34.5. The summed E-state index contributed by atoms with van der Waals surface area (Å²) in [4.78, 5) is 13.5. The molecule has 3 aliphatic rings. The van der Waals surface area contributed by atoms with Gasteiger partial charge in [0.05, 0.1) is 38.6 Å². The Balaban J connectivity index is 1.37. The van der Waals surface area contributed by atoms with Crippen LogP contribution in [-0.4, -0.2) is 193 Å². The standard InChI is InChI=1S/C82H151NO18/c1-3-5-7-9-11-13-15-17-19-21-23-25-27-29-31-32-34-36-38-40-42-44-46-48-50-52-54-56-58-60-70(88)83-65(66(87)59-57-55-53-51-49-47-45-43-41-39-37-35-33-30-28-26-24-22-20-18-16-14-12-10-8-6-4-2)64-96-80-76(94)73(91)78(68(62-85)98-80)101-82-77(95)74(92)79(69(63-86)99-82)100-81-75(93)72(90)71(89)67(61-84)97-81/h15,17,21,23,27,29,57,59,65-69,71-82,84-87,89-95H,3-14,16,18-20,22,24-26,28,30-56,58,60-64H2,1-2H3,(H,83,88)/b17-15-,23-21-,29-27-,59-57+. The highest BCUT2D eigenvalue weighted by Crippen LogP contribution is 2.33. The van der Waals surface area contributed by atoms with Gasteiger partial charge in [-0.05, 0) is 57.8 Å². The van der Waals surface area contributed by atoms with Crippen LogP contribution in [0.25, 0.3) is 0 Å². The van der Waals surface area contributed by atoms with Crippen LogP contribution in [-0.2, 0) is 33.2 Å². The van der Waals surface area contributed by atoms with Crippen LogP contribution in [0, 0.1) is 0 Å². The monoisotopic (exact) mass is 1440 g/mol. The van der Waals surface area contributed by atoms with Crippen molar-refractivity contribution in [2.45, 2.75) is 439 Å². The third kappa shape index (κ3) is 42.8. The van der Waals surface area contributed by atoms with Gasteiger partial charge in [-0.2, -0.15) is 0 Å². The Bertz CT molecular complexity index is 2010. The second-order valence-corrected chi connectivity index (χ2v) is 29.6. The van der Waals surface area contributed by atoms with Crippen LogP contribution >= 0.6 is 0 Å². The van der Waals surface area contributed by atoms with Crippen LogP contribution in [0.3, 0.4) is 0 Å². The van der Waals surface area contributed by atoms with Crippen molar-refractivity contribution in [3.63, 3.8) is 0 Å². The van der Waals surface area contributed by atoms with Crippen LogP contribution in [0.4, 0.5) is 0 Å². The lowest BCUT2D eigenvalue weighted by Crippen LogP contribution is -2.66. The quantitative estimate of drug-likeness (QED) is 0.0199. The van der Waals surface area contributed by atoms with Crippen molar-refractivity contribution in [3.05, 3.63) is 48.6 Å². The highest BCUT2D eigenvalue weighted by molar-refractivity contribution is 5.76. The maximum absolute atomic E-state index is 13.5. The summed E-state index contributed by atoms with van der Waals surface area (Å²) in [5.74, 6) is -0.272. The van der Waals surface area contributed by atoms with Crippen molar-refractivity contribution in [1.82, 2.24) is 5.32 Å². The van der Waals surface area contributed by atoms with Crippen molar-refractivity contribution in [1.29, 1.82) is 0 Å². The number of allylic oxidation sites excluding steroid dienone is 7. The van der Waals surface area contributed by atoms with Gasteiger partial charge in [0.2, 0.25) is 5.91 Å². The molecule has 12 N–H and O–H groups in total. The molecule has 3 heterocycles. The largest absolute Gasteiger partial charge is 0.394 e. The molecule has 3 fully saturated rings. The fraction of sp³-hybridized carbons (Fsp3) is 0.890. The van der Waals surface area contributed by atoms with E-state index in [2.05, 4.69) is 55.6 Å². The highest BCUT2D eigenvalue weighted by atomic mass is 16.8. The molecular formula is C82H151NO18. The van der Waals surface area contributed by atoms with Crippen molar-refractivity contribution in [3.8, 4) is 0 Å². The fourth-order valence-electron chi connectivity index (χ4n) is 14.0. The molecule has 0 spiro atoms. The molecule has 19 heteroatoms. The molecule has 0 aromatic heterocycles. The Labute approximate surface area is 612 Å². The second-order valence-electron chi connectivity index (χ2n) is 29.6. The van der Waals surface area contributed by atoms with Gasteiger partial charge in [-0.15, -0.1) is 0 Å². The average molecular weight is 1440 g/mol. The summed E-state index contributed by atoms with van der Waals surface area (Å²) in [5.41, 5.74) is 0. The summed E-state index contributed by atoms with van der Waals surface area (Å²) in [5, 5.41) is 121. The first kappa shape index (κ1) is 93.0. The van der Waals surface area contributed by atoms with E-state index in [9.17, 15) is 61.0 Å². The molecule has 17 atom stereocenters. The minimum absolute atomic E-state index is 0.243. The van der Waals surface area contributed by atoms with Gasteiger partial charge in [-0.25, -0.2) is 0 Å². The van der Waals surface area contributed by atoms with E-state index in [1.807, 2.05) is 6.08 Å². The van der Waals surface area contributed by atoms with E-state index < -0.39 is 124 Å². The lowest BCUT2D eigenvalue weighted by Gasteiger charge is -2.48. The van der Waals surface area contributed by atoms with E-state index in [0.29, 0.717) is 6.42 Å². The predicted octanol–water partition coefficient (Wildman–Crippen LogP) is 14.1. The minimum atomic E-state index is -1.98. The van der Waals surface area contributed by atoms with Crippen LogP contribution in [0.1, 0.15) is 335 Å². The maximum atomic E-state index is 13.5. The highest BCUT2D eigenvalue weighted by Gasteiger charge is 2.54. The molecular weight excluding hydrogens is 1290 g/mol. The average Bonchev–Trinajstić information content (AvgIpc) is 0.796. The number of aliphatic hydroxyl groups excluding tert-OH is 11. The van der Waals surface area contributed by atoms with Crippen LogP contribution in [0.5, 0.6) is 0 Å². The van der Waals surface area contributed by atoms with Crippen molar-refractivity contribution in [2.24, 2.45) is 0 Å². The predicted molar refractivity (Wildman–Crippen MR) is 402 cm³/mol. The lowest BCUT2D eigenvalue weighted by atomic mass is 9.96. The van der Waals surface area contributed by atoms with Crippen LogP contribution in [0.2, 0.25) is 0 Å². The van der Waals surface area contributed by atoms with Gasteiger partial charge < -0.3 is 89.9 Å². The van der Waals surface area contributed by atoms with E-state index >= 15 is 0 Å². The van der Waals surface area contributed by atoms with Crippen molar-refractivity contribution in [2.75, 3.05) is 26.4 Å². The summed E-state index contributed by atoms with van der Waals surface area (Å²) >= 11 is 0. The number of hydrogen-bond donors (Lipinski definition) is 12. The molecule has 17 unspecified atom stereocenters. The molecule has 101 heavy (non-hydrogen) atoms. The van der Waals surface area contributed by atoms with E-state index in [0.717, 1.165) is 57.8 Å². The van der Waals surface area contributed by atoms with E-state index in [1.165, 1.54) is 250 Å². The number of nitrogens with one attached hydrogen (secondary N) is 1. The molecule has 0 aromatic carbocycles. The molecule has 0 radical (unpaired) electrons. The van der Waals surface area contributed by atoms with Gasteiger partial charge in [0.25, 0.3) is 0 Å². The molecule has 3 aliphatic heterocycles. The number of carbonyl (C=O) groups is 1. The van der Waals surface area contributed by atoms with Crippen molar-refractivity contribution >= 4 is 5.91 Å². The van der Waals surface area contributed by atoms with E-state index in [-0.39, 0.29) is 18.9 Å². The fourth-order valence-corrected chi connectivity index (χ4v) is 14.0. The molecule has 3 rings (SSSR count). The number of carbonyl (C=O) groups excluding carboxylic acids is 1. The van der Waals surface area contributed by atoms with Crippen LogP contribution < -0.4 is 5.32 Å². The van der Waals surface area contributed by atoms with E-state index in [1.54, 1.807) is 6.08 Å². The Morgan fingerprint density at radius 1 is 0.356 bits per heavy atom. The second kappa shape index (κ2) is 62.8. The number of hydrogen-bond acceptors (Lipinski definition) is 18. The third-order valence-corrected chi connectivity index (χ3v) is 20.6. The molecule has 592 valence electrons. The molecule has 1 amide bonds. The Morgan fingerprint density at radius 3 is 1.02 bits per heavy atom. The SMILES string of the molecule is CCCCCCC/C=C\C/C=C\C/C=C\CCCCCCCCCCCCCCCCC(=O)NC(COC1OC(CO)C(OC2OC(CO)C(OC3OC(CO)C(O)C(O)C3O)C(O)C2O)C(O)C1O)C(O)/C=C/CCCCCCCCCCCCCCCCCCCCCCCCCCC. The zero-order valence-corrected chi connectivity index (χ0v) is 63.4. The van der Waals surface area contributed by atoms with Gasteiger partial charge in [-0.3, -0.25) is 4.79 Å². The lowest BCUT2D eigenvalue weighted by molar-refractivity contribution is -0.379. The first-order chi connectivity index (χ1) is 49.3. The first-order valence-corrected chi connectivity index (χ1v) is 41.4. The molecule has 0 bridgehead atoms. The molecule has 3 saturated heterocycles. The molecule has 0 aromatic rings. The van der Waals surface area contributed by atoms with Gasteiger partial charge in [0.15, 0.2) is 18.9 Å². The molecule has 0 aliphatic carbocycles. The summed E-state index contributed by atoms with van der Waals surface area (Å²) in [6.07, 6.45) is 52.3. The Kier molecular flexibility index (Phi) is 57.8. The number of rotatable bonds is 66. The topological polar surface area (TPSA) is 307 Å². The maximum Gasteiger partial charge on any atom is 0.220 e. The first-order valence-electron chi connectivity index (χ1n) is 41.4. The Hall–Kier alpha value is -2.25. The Morgan fingerprint density at radius 2 is 0.653 bits per heavy atom. The van der Waals surface area contributed by atoms with Crippen molar-refractivity contribution < 1.29 is 89.4 Å². The number of unbranched alkanes of at least 4 members (excludes halogenated alkanes) is 44.